The average molecular weight is 344 g/mol. The Bertz CT molecular complexity index is 188. The Balaban J connectivity index is 4.12. The first-order chi connectivity index (χ1) is 6.22. The molecule has 0 aliphatic rings. The molecular weight excluding hydrogens is 336 g/mol. The Morgan fingerprint density at radius 1 is 0.929 bits per heavy atom. The number of carbonyl (C=O) groups is 1. The van der Waals surface area contributed by atoms with Gasteiger partial charge in [-0.2, -0.15) is 0 Å². The number of ketones is 1. The summed E-state index contributed by atoms with van der Waals surface area (Å²) in [6.07, 6.45) is -2.30. The van der Waals surface area contributed by atoms with E-state index in [2.05, 4.69) is 31.9 Å². The molecule has 0 aromatic rings. The van der Waals surface area contributed by atoms with E-state index < -0.39 is 41.1 Å². The van der Waals surface area contributed by atoms with Crippen LogP contribution >= 0.6 is 31.9 Å². The monoisotopic (exact) mass is 342 g/mol. The largest absolute Gasteiger partial charge is 0.299 e. The summed E-state index contributed by atoms with van der Waals surface area (Å²) in [6, 6.07) is 0. The molecule has 1 nitrogen and oxygen atoms in total. The highest BCUT2D eigenvalue weighted by atomic mass is 79.9. The summed E-state index contributed by atoms with van der Waals surface area (Å²) in [5.74, 6) is -7.64. The zero-order valence-corrected chi connectivity index (χ0v) is 10.2. The fourth-order valence-electron chi connectivity index (χ4n) is 0.734. The number of Topliss-reactive ketones (excluding diaryl/α,β-unsaturated/α-hetero) is 1. The third-order valence-corrected chi connectivity index (χ3v) is 2.94. The van der Waals surface area contributed by atoms with Crippen molar-refractivity contribution in [2.24, 2.45) is 0 Å². The van der Waals surface area contributed by atoms with Crippen LogP contribution in [-0.2, 0) is 4.79 Å². The van der Waals surface area contributed by atoms with Crippen molar-refractivity contribution in [2.75, 3.05) is 10.7 Å². The third-order valence-electron chi connectivity index (χ3n) is 1.30. The molecule has 0 aliphatic heterocycles. The molecule has 7 heteroatoms. The van der Waals surface area contributed by atoms with Gasteiger partial charge in [-0.25, -0.2) is 17.6 Å². The lowest BCUT2D eigenvalue weighted by Gasteiger charge is -2.15. The maximum Gasteiger partial charge on any atom is 0.264 e. The molecule has 0 saturated heterocycles. The molecule has 0 spiro atoms. The quantitative estimate of drug-likeness (QED) is 0.533. The Labute approximate surface area is 95.5 Å². The van der Waals surface area contributed by atoms with Gasteiger partial charge in [-0.15, -0.1) is 0 Å². The molecule has 0 heterocycles. The number of hydrogen-bond donors (Lipinski definition) is 0. The zero-order chi connectivity index (χ0) is 11.4. The van der Waals surface area contributed by atoms with Crippen LogP contribution in [0.4, 0.5) is 17.6 Å². The van der Waals surface area contributed by atoms with E-state index in [0.717, 1.165) is 0 Å². The summed E-state index contributed by atoms with van der Waals surface area (Å²) in [5, 5.41) is -1.41. The van der Waals surface area contributed by atoms with Crippen LogP contribution in [0, 0.1) is 0 Å². The molecule has 0 bridgehead atoms. The summed E-state index contributed by atoms with van der Waals surface area (Å²) >= 11 is 4.99. The Morgan fingerprint density at radius 3 is 1.43 bits per heavy atom. The van der Waals surface area contributed by atoms with E-state index in [-0.39, 0.29) is 0 Å². The number of halogens is 6. The molecule has 0 atom stereocenters. The van der Waals surface area contributed by atoms with Crippen LogP contribution in [-0.4, -0.2) is 28.3 Å². The molecule has 0 radical (unpaired) electrons. The molecule has 0 amide bonds. The lowest BCUT2D eigenvalue weighted by molar-refractivity contribution is -0.130. The second-order valence-corrected chi connectivity index (χ2v) is 3.99. The van der Waals surface area contributed by atoms with Crippen LogP contribution in [0.1, 0.15) is 12.8 Å². The molecule has 84 valence electrons. The van der Waals surface area contributed by atoms with Crippen molar-refractivity contribution in [3.63, 3.8) is 0 Å². The predicted molar refractivity (Wildman–Crippen MR) is 51.7 cm³/mol. The van der Waals surface area contributed by atoms with Crippen molar-refractivity contribution in [3.05, 3.63) is 0 Å². The molecular formula is C7H8Br2F4O. The minimum absolute atomic E-state index is 0.703. The van der Waals surface area contributed by atoms with Crippen LogP contribution in [0.25, 0.3) is 0 Å². The van der Waals surface area contributed by atoms with Gasteiger partial charge in [-0.1, -0.05) is 31.9 Å². The van der Waals surface area contributed by atoms with Crippen LogP contribution in [0.15, 0.2) is 0 Å². The van der Waals surface area contributed by atoms with Gasteiger partial charge in [0.05, 0.1) is 23.5 Å². The topological polar surface area (TPSA) is 17.1 Å². The first kappa shape index (κ1) is 14.3. The molecule has 0 aliphatic carbocycles. The van der Waals surface area contributed by atoms with Crippen molar-refractivity contribution in [3.8, 4) is 0 Å². The molecule has 0 N–H and O–H groups in total. The summed E-state index contributed by atoms with van der Waals surface area (Å²) in [6.45, 7) is 0. The lowest BCUT2D eigenvalue weighted by atomic mass is 10.1. The predicted octanol–water partition coefficient (Wildman–Crippen LogP) is 3.40. The van der Waals surface area contributed by atoms with Gasteiger partial charge in [0, 0.05) is 0 Å². The second-order valence-electron chi connectivity index (χ2n) is 2.87. The van der Waals surface area contributed by atoms with Crippen LogP contribution in [0.2, 0.25) is 0 Å². The van der Waals surface area contributed by atoms with E-state index in [4.69, 9.17) is 0 Å². The highest BCUT2D eigenvalue weighted by Crippen LogP contribution is 2.26. The maximum atomic E-state index is 12.6. The minimum Gasteiger partial charge on any atom is -0.299 e. The fraction of sp³-hybridized carbons (Fsp3) is 0.857. The van der Waals surface area contributed by atoms with Crippen molar-refractivity contribution in [1.29, 1.82) is 0 Å². The summed E-state index contributed by atoms with van der Waals surface area (Å²) in [7, 11) is 0. The number of rotatable bonds is 6. The van der Waals surface area contributed by atoms with Gasteiger partial charge in [0.1, 0.15) is 5.78 Å². The smallest absolute Gasteiger partial charge is 0.264 e. The number of alkyl halides is 6. The summed E-state index contributed by atoms with van der Waals surface area (Å²) in [5.41, 5.74) is 0. The van der Waals surface area contributed by atoms with Gasteiger partial charge >= 0.3 is 0 Å². The van der Waals surface area contributed by atoms with E-state index in [1.54, 1.807) is 0 Å². The number of hydrogen-bond acceptors (Lipinski definition) is 1. The van der Waals surface area contributed by atoms with Crippen molar-refractivity contribution in [2.45, 2.75) is 24.7 Å². The Kier molecular flexibility index (Phi) is 5.57. The fourth-order valence-corrected chi connectivity index (χ4v) is 1.13. The van der Waals surface area contributed by atoms with Crippen molar-refractivity contribution in [1.82, 2.24) is 0 Å². The van der Waals surface area contributed by atoms with E-state index in [1.165, 1.54) is 0 Å². The van der Waals surface area contributed by atoms with E-state index in [1.807, 2.05) is 0 Å². The molecule has 0 fully saturated rings. The average Bonchev–Trinajstić information content (AvgIpc) is 2.02. The van der Waals surface area contributed by atoms with Gasteiger partial charge in [0.2, 0.25) is 0 Å². The van der Waals surface area contributed by atoms with Crippen LogP contribution in [0.5, 0.6) is 0 Å². The van der Waals surface area contributed by atoms with Crippen molar-refractivity contribution >= 4 is 37.6 Å². The molecule has 0 aromatic heterocycles. The van der Waals surface area contributed by atoms with Gasteiger partial charge in [-0.05, 0) is 0 Å². The van der Waals surface area contributed by atoms with Gasteiger partial charge < -0.3 is 0 Å². The number of carbonyl (C=O) groups excluding carboxylic acids is 1. The Morgan fingerprint density at radius 2 is 1.21 bits per heavy atom. The normalized spacial score (nSPS) is 13.0. The molecule has 0 rings (SSSR count). The molecule has 0 saturated carbocycles. The summed E-state index contributed by atoms with van der Waals surface area (Å²) in [4.78, 5) is 10.8. The van der Waals surface area contributed by atoms with Crippen LogP contribution in [0.3, 0.4) is 0 Å². The van der Waals surface area contributed by atoms with Crippen molar-refractivity contribution < 1.29 is 22.4 Å². The zero-order valence-electron chi connectivity index (χ0n) is 7.00. The minimum atomic E-state index is -3.25. The second kappa shape index (κ2) is 5.44. The van der Waals surface area contributed by atoms with E-state index in [0.29, 0.717) is 0 Å². The van der Waals surface area contributed by atoms with Gasteiger partial charge in [0.15, 0.2) is 0 Å². The standard InChI is InChI=1S/C7H8Br2F4O/c8-3-6(10,11)1-5(14)2-7(12,13)4-9/h1-4H2. The highest BCUT2D eigenvalue weighted by Gasteiger charge is 2.36. The van der Waals surface area contributed by atoms with E-state index in [9.17, 15) is 22.4 Å². The molecule has 14 heavy (non-hydrogen) atoms. The Hall–Kier alpha value is 0.350. The highest BCUT2D eigenvalue weighted by molar-refractivity contribution is 9.09. The SMILES string of the molecule is O=C(CC(F)(F)CBr)CC(F)(F)CBr. The third kappa shape index (κ3) is 5.95. The first-order valence-corrected chi connectivity index (χ1v) is 5.86. The van der Waals surface area contributed by atoms with Gasteiger partial charge in [-0.3, -0.25) is 4.79 Å². The van der Waals surface area contributed by atoms with Gasteiger partial charge in [0.25, 0.3) is 11.8 Å². The first-order valence-electron chi connectivity index (χ1n) is 3.62. The maximum absolute atomic E-state index is 12.6. The summed E-state index contributed by atoms with van der Waals surface area (Å²) < 4.78 is 50.2. The molecule has 0 aromatic carbocycles. The van der Waals surface area contributed by atoms with Crippen LogP contribution < -0.4 is 0 Å². The lowest BCUT2D eigenvalue weighted by Crippen LogP contribution is -2.28. The molecule has 0 unspecified atom stereocenters. The van der Waals surface area contributed by atoms with E-state index >= 15 is 0 Å².